The lowest BCUT2D eigenvalue weighted by atomic mass is 9.81. The molecule has 2 rings (SSSR count). The molecule has 1 aromatic rings. The molecule has 1 aliphatic rings. The third-order valence-electron chi connectivity index (χ3n) is 4.37. The van der Waals surface area contributed by atoms with E-state index in [9.17, 15) is 9.47 Å². The predicted octanol–water partition coefficient (Wildman–Crippen LogP) is 3.96. The number of nitriles is 1. The quantitative estimate of drug-likeness (QED) is 0.841. The molecule has 4 atom stereocenters. The second-order valence-corrected chi connectivity index (χ2v) is 7.53. The van der Waals surface area contributed by atoms with Gasteiger partial charge in [0.15, 0.2) is 0 Å². The summed E-state index contributed by atoms with van der Waals surface area (Å²) in [5.41, 5.74) is 2.32. The van der Waals surface area contributed by atoms with Gasteiger partial charge in [0.05, 0.1) is 17.2 Å². The lowest BCUT2D eigenvalue weighted by Crippen LogP contribution is -2.32. The summed E-state index contributed by atoms with van der Waals surface area (Å²) in [4.78, 5) is 0. The van der Waals surface area contributed by atoms with Crippen LogP contribution in [0.5, 0.6) is 0 Å². The second kappa shape index (κ2) is 7.04. The Balaban J connectivity index is 2.07. The van der Waals surface area contributed by atoms with Crippen LogP contribution in [-0.2, 0) is 16.6 Å². The minimum Gasteiger partial charge on any atom is -0.259 e. The largest absolute Gasteiger partial charge is 0.259 e. The monoisotopic (exact) mass is 289 g/mol. The van der Waals surface area contributed by atoms with Crippen LogP contribution in [0.4, 0.5) is 0 Å². The molecule has 1 saturated carbocycles. The number of nitrogens with zero attached hydrogens (tertiary/aromatic N) is 1. The highest BCUT2D eigenvalue weighted by molar-refractivity contribution is 7.84. The summed E-state index contributed by atoms with van der Waals surface area (Å²) in [6.45, 7) is 4.25. The summed E-state index contributed by atoms with van der Waals surface area (Å²) >= 11 is 0. The van der Waals surface area contributed by atoms with Crippen molar-refractivity contribution in [1.82, 2.24) is 0 Å². The second-order valence-electron chi connectivity index (χ2n) is 5.88. The normalized spacial score (nSPS) is 27.8. The summed E-state index contributed by atoms with van der Waals surface area (Å²) < 4.78 is 12.7. The van der Waals surface area contributed by atoms with Crippen molar-refractivity contribution >= 4 is 10.8 Å². The number of hydrogen-bond acceptors (Lipinski definition) is 2. The van der Waals surface area contributed by atoms with E-state index in [4.69, 9.17) is 0 Å². The highest BCUT2D eigenvalue weighted by Gasteiger charge is 2.33. The molecule has 1 aromatic carbocycles. The van der Waals surface area contributed by atoms with Gasteiger partial charge in [-0.1, -0.05) is 43.2 Å². The van der Waals surface area contributed by atoms with Crippen LogP contribution in [0, 0.1) is 30.1 Å². The first kappa shape index (κ1) is 15.3. The molecule has 1 aliphatic carbocycles. The molecule has 0 amide bonds. The van der Waals surface area contributed by atoms with Gasteiger partial charge >= 0.3 is 0 Å². The molecule has 0 N–H and O–H groups in total. The number of aryl methyl sites for hydroxylation is 1. The minimum absolute atomic E-state index is 0.0246. The van der Waals surface area contributed by atoms with E-state index in [1.807, 2.05) is 12.1 Å². The molecule has 1 fully saturated rings. The first-order chi connectivity index (χ1) is 9.63. The predicted molar refractivity (Wildman–Crippen MR) is 83.5 cm³/mol. The Morgan fingerprint density at radius 1 is 1.40 bits per heavy atom. The number of hydrogen-bond donors (Lipinski definition) is 0. The lowest BCUT2D eigenvalue weighted by Gasteiger charge is -2.31. The Bertz CT molecular complexity index is 520. The molecular weight excluding hydrogens is 266 g/mol. The van der Waals surface area contributed by atoms with Crippen molar-refractivity contribution in [3.8, 4) is 6.07 Å². The Labute approximate surface area is 124 Å². The average Bonchev–Trinajstić information content (AvgIpc) is 2.46. The third kappa shape index (κ3) is 3.70. The minimum atomic E-state index is -0.940. The molecule has 0 saturated heterocycles. The van der Waals surface area contributed by atoms with E-state index in [0.29, 0.717) is 11.7 Å². The number of rotatable bonds is 4. The van der Waals surface area contributed by atoms with Crippen molar-refractivity contribution in [1.29, 1.82) is 5.26 Å². The fourth-order valence-corrected chi connectivity index (χ4v) is 4.87. The van der Waals surface area contributed by atoms with Crippen LogP contribution in [0.3, 0.4) is 0 Å². The van der Waals surface area contributed by atoms with Gasteiger partial charge in [0.1, 0.15) is 0 Å². The fraction of sp³-hybridized carbons (Fsp3) is 0.588. The fourth-order valence-electron chi connectivity index (χ4n) is 3.09. The lowest BCUT2D eigenvalue weighted by molar-refractivity contribution is 0.313. The van der Waals surface area contributed by atoms with Crippen LogP contribution in [0.15, 0.2) is 24.3 Å². The highest BCUT2D eigenvalue weighted by Crippen LogP contribution is 2.34. The van der Waals surface area contributed by atoms with Gasteiger partial charge in [0.2, 0.25) is 0 Å². The maximum absolute atomic E-state index is 12.7. The van der Waals surface area contributed by atoms with Crippen molar-refractivity contribution in [3.05, 3.63) is 35.4 Å². The zero-order valence-corrected chi connectivity index (χ0v) is 13.2. The molecule has 0 aromatic heterocycles. The van der Waals surface area contributed by atoms with Crippen LogP contribution < -0.4 is 0 Å². The molecule has 20 heavy (non-hydrogen) atoms. The SMILES string of the molecule is CCC1CCC(C#N)C(S(=O)Cc2cccc(C)c2)C1. The molecule has 2 nitrogen and oxygen atoms in total. The van der Waals surface area contributed by atoms with E-state index in [1.54, 1.807) is 0 Å². The van der Waals surface area contributed by atoms with E-state index in [-0.39, 0.29) is 11.2 Å². The highest BCUT2D eigenvalue weighted by atomic mass is 32.2. The van der Waals surface area contributed by atoms with Gasteiger partial charge < -0.3 is 0 Å². The summed E-state index contributed by atoms with van der Waals surface area (Å²) in [6.07, 6.45) is 4.12. The molecule has 0 radical (unpaired) electrons. The molecule has 0 heterocycles. The van der Waals surface area contributed by atoms with E-state index in [1.165, 1.54) is 5.56 Å². The smallest absolute Gasteiger partial charge is 0.0668 e. The first-order valence-corrected chi connectivity index (χ1v) is 8.84. The van der Waals surface area contributed by atoms with Crippen LogP contribution >= 0.6 is 0 Å². The van der Waals surface area contributed by atoms with Gasteiger partial charge in [-0.15, -0.1) is 0 Å². The van der Waals surface area contributed by atoms with Gasteiger partial charge in [-0.05, 0) is 37.7 Å². The Hall–Kier alpha value is -1.14. The van der Waals surface area contributed by atoms with Gasteiger partial charge in [-0.2, -0.15) is 5.26 Å². The Morgan fingerprint density at radius 2 is 2.20 bits per heavy atom. The van der Waals surface area contributed by atoms with E-state index in [2.05, 4.69) is 32.0 Å². The van der Waals surface area contributed by atoms with E-state index < -0.39 is 10.8 Å². The Kier molecular flexibility index (Phi) is 5.37. The molecule has 3 heteroatoms. The zero-order valence-electron chi connectivity index (χ0n) is 12.3. The van der Waals surface area contributed by atoms with Gasteiger partial charge in [0.25, 0.3) is 0 Å². The standard InChI is InChI=1S/C17H23NOS/c1-3-14-7-8-16(11-18)17(10-14)20(19)12-15-6-4-5-13(2)9-15/h4-6,9,14,16-17H,3,7-8,10,12H2,1-2H3. The summed E-state index contributed by atoms with van der Waals surface area (Å²) in [5, 5.41) is 9.35. The van der Waals surface area contributed by atoms with E-state index >= 15 is 0 Å². The maximum atomic E-state index is 12.7. The topological polar surface area (TPSA) is 40.9 Å². The summed E-state index contributed by atoms with van der Waals surface area (Å²) in [7, 11) is -0.940. The van der Waals surface area contributed by atoms with Crippen molar-refractivity contribution in [3.63, 3.8) is 0 Å². The third-order valence-corrected chi connectivity index (χ3v) is 6.19. The molecule has 0 spiro atoms. The molecule has 0 bridgehead atoms. The van der Waals surface area contributed by atoms with Gasteiger partial charge in [0, 0.05) is 16.6 Å². The average molecular weight is 289 g/mol. The zero-order chi connectivity index (χ0) is 14.5. The van der Waals surface area contributed by atoms with Crippen LogP contribution in [0.25, 0.3) is 0 Å². The molecule has 108 valence electrons. The summed E-state index contributed by atoms with van der Waals surface area (Å²) in [6, 6.07) is 10.6. The van der Waals surface area contributed by atoms with Gasteiger partial charge in [-0.25, -0.2) is 0 Å². The first-order valence-electron chi connectivity index (χ1n) is 7.46. The van der Waals surface area contributed by atoms with Crippen molar-refractivity contribution < 1.29 is 4.21 Å². The van der Waals surface area contributed by atoms with Crippen molar-refractivity contribution in [2.45, 2.75) is 50.5 Å². The van der Waals surface area contributed by atoms with Crippen LogP contribution in [0.1, 0.15) is 43.7 Å². The van der Waals surface area contributed by atoms with Gasteiger partial charge in [-0.3, -0.25) is 4.21 Å². The van der Waals surface area contributed by atoms with Crippen molar-refractivity contribution in [2.24, 2.45) is 11.8 Å². The molecule has 4 unspecified atom stereocenters. The Morgan fingerprint density at radius 3 is 2.85 bits per heavy atom. The maximum Gasteiger partial charge on any atom is 0.0668 e. The summed E-state index contributed by atoms with van der Waals surface area (Å²) in [5.74, 6) is 1.20. The number of benzene rings is 1. The van der Waals surface area contributed by atoms with Crippen molar-refractivity contribution in [2.75, 3.05) is 0 Å². The van der Waals surface area contributed by atoms with Crippen LogP contribution in [0.2, 0.25) is 0 Å². The molecule has 0 aliphatic heterocycles. The van der Waals surface area contributed by atoms with Crippen LogP contribution in [-0.4, -0.2) is 9.46 Å². The molecular formula is C17H23NOS. The van der Waals surface area contributed by atoms with E-state index in [0.717, 1.165) is 31.2 Å².